The Morgan fingerprint density at radius 1 is 1.13 bits per heavy atom. The third-order valence-electron chi connectivity index (χ3n) is 3.25. The van der Waals surface area contributed by atoms with E-state index in [1.807, 2.05) is 6.92 Å². The number of benzene rings is 1. The van der Waals surface area contributed by atoms with Crippen LogP contribution >= 0.6 is 11.3 Å². The van der Waals surface area contributed by atoms with Crippen molar-refractivity contribution in [3.63, 3.8) is 0 Å². The van der Waals surface area contributed by atoms with Gasteiger partial charge in [-0.1, -0.05) is 24.3 Å². The first-order valence-corrected chi connectivity index (χ1v) is 7.79. The summed E-state index contributed by atoms with van der Waals surface area (Å²) in [5, 5.41) is 3.24. The molecule has 2 aromatic heterocycles. The molecule has 0 saturated carbocycles. The van der Waals surface area contributed by atoms with Gasteiger partial charge in [-0.2, -0.15) is 0 Å². The van der Waals surface area contributed by atoms with Crippen LogP contribution in [0.1, 0.15) is 32.7 Å². The van der Waals surface area contributed by atoms with Crippen LogP contribution in [-0.2, 0) is 0 Å². The predicted octanol–water partition coefficient (Wildman–Crippen LogP) is 4.17. The van der Waals surface area contributed by atoms with Crippen LogP contribution in [0.15, 0.2) is 47.0 Å². The quantitative estimate of drug-likeness (QED) is 0.730. The van der Waals surface area contributed by atoms with E-state index >= 15 is 0 Å². The molecule has 0 radical (unpaired) electrons. The highest BCUT2D eigenvalue weighted by molar-refractivity contribution is 7.15. The van der Waals surface area contributed by atoms with Gasteiger partial charge in [-0.05, 0) is 26.0 Å². The van der Waals surface area contributed by atoms with Crippen molar-refractivity contribution in [2.24, 2.45) is 0 Å². The second-order valence-corrected chi connectivity index (χ2v) is 6.26. The van der Waals surface area contributed by atoms with E-state index in [1.54, 1.807) is 42.6 Å². The van der Waals surface area contributed by atoms with Gasteiger partial charge in [-0.3, -0.25) is 14.9 Å². The van der Waals surface area contributed by atoms with Gasteiger partial charge in [0.05, 0.1) is 0 Å². The number of thiazole rings is 1. The molecule has 0 aliphatic carbocycles. The number of nitrogens with zero attached hydrogens (tertiary/aromatic N) is 1. The first-order chi connectivity index (χ1) is 11.0. The molecule has 1 N–H and O–H groups in total. The molecule has 0 unspecified atom stereocenters. The predicted molar refractivity (Wildman–Crippen MR) is 89.0 cm³/mol. The SMILES string of the molecule is CC(=O)c1ccc(-c2ccc(C(=O)Nc3ncc(C)s3)o2)cc1. The van der Waals surface area contributed by atoms with Crippen molar-refractivity contribution in [2.75, 3.05) is 5.32 Å². The summed E-state index contributed by atoms with van der Waals surface area (Å²) in [7, 11) is 0. The molecule has 0 fully saturated rings. The molecular weight excluding hydrogens is 312 g/mol. The van der Waals surface area contributed by atoms with E-state index in [0.717, 1.165) is 10.4 Å². The number of hydrogen-bond donors (Lipinski definition) is 1. The lowest BCUT2D eigenvalue weighted by molar-refractivity contribution is 0.0994. The lowest BCUT2D eigenvalue weighted by Crippen LogP contribution is -2.10. The summed E-state index contributed by atoms with van der Waals surface area (Å²) in [6.07, 6.45) is 1.70. The van der Waals surface area contributed by atoms with Gasteiger partial charge in [0.1, 0.15) is 5.76 Å². The van der Waals surface area contributed by atoms with Crippen molar-refractivity contribution in [3.8, 4) is 11.3 Å². The fourth-order valence-electron chi connectivity index (χ4n) is 2.06. The highest BCUT2D eigenvalue weighted by Crippen LogP contribution is 2.24. The molecule has 0 bridgehead atoms. The summed E-state index contributed by atoms with van der Waals surface area (Å²) < 4.78 is 5.59. The molecule has 1 amide bonds. The van der Waals surface area contributed by atoms with Crippen molar-refractivity contribution in [2.45, 2.75) is 13.8 Å². The number of amides is 1. The van der Waals surface area contributed by atoms with Gasteiger partial charge in [0.25, 0.3) is 5.91 Å². The molecule has 116 valence electrons. The highest BCUT2D eigenvalue weighted by atomic mass is 32.1. The molecule has 0 aliphatic rings. The van der Waals surface area contributed by atoms with E-state index in [2.05, 4.69) is 10.3 Å². The molecule has 6 heteroatoms. The fourth-order valence-corrected chi connectivity index (χ4v) is 2.72. The third kappa shape index (κ3) is 3.37. The number of anilines is 1. The second-order valence-electron chi connectivity index (χ2n) is 5.03. The van der Waals surface area contributed by atoms with Crippen LogP contribution in [0.25, 0.3) is 11.3 Å². The number of carbonyl (C=O) groups is 2. The van der Waals surface area contributed by atoms with E-state index in [0.29, 0.717) is 16.5 Å². The number of ketones is 1. The molecule has 5 nitrogen and oxygen atoms in total. The smallest absolute Gasteiger partial charge is 0.293 e. The van der Waals surface area contributed by atoms with Crippen LogP contribution in [0.4, 0.5) is 5.13 Å². The van der Waals surface area contributed by atoms with Gasteiger partial charge < -0.3 is 4.42 Å². The first-order valence-electron chi connectivity index (χ1n) is 6.98. The number of aromatic nitrogens is 1. The first kappa shape index (κ1) is 15.2. The van der Waals surface area contributed by atoms with Crippen LogP contribution in [0, 0.1) is 6.92 Å². The Hall–Kier alpha value is -2.73. The Morgan fingerprint density at radius 2 is 1.87 bits per heavy atom. The summed E-state index contributed by atoms with van der Waals surface area (Å²) in [6.45, 7) is 3.44. The molecule has 0 saturated heterocycles. The molecule has 1 aromatic carbocycles. The molecule has 0 aliphatic heterocycles. The monoisotopic (exact) mass is 326 g/mol. The van der Waals surface area contributed by atoms with E-state index in [9.17, 15) is 9.59 Å². The van der Waals surface area contributed by atoms with Crippen molar-refractivity contribution < 1.29 is 14.0 Å². The molecule has 0 spiro atoms. The number of nitrogens with one attached hydrogen (secondary N) is 1. The molecule has 2 heterocycles. The van der Waals surface area contributed by atoms with Crippen molar-refractivity contribution in [1.82, 2.24) is 4.98 Å². The van der Waals surface area contributed by atoms with E-state index in [1.165, 1.54) is 18.3 Å². The Kier molecular flexibility index (Phi) is 4.08. The fraction of sp³-hybridized carbons (Fsp3) is 0.118. The standard InChI is InChI=1S/C17H14N2O3S/c1-10-9-18-17(23-10)19-16(21)15-8-7-14(22-15)13-5-3-12(4-6-13)11(2)20/h3-9H,1-2H3,(H,18,19,21). The summed E-state index contributed by atoms with van der Waals surface area (Å²) in [6, 6.07) is 10.4. The number of carbonyl (C=O) groups excluding carboxylic acids is 2. The Bertz CT molecular complexity index is 862. The van der Waals surface area contributed by atoms with Gasteiger partial charge in [0, 0.05) is 22.2 Å². The Balaban J connectivity index is 1.77. The zero-order valence-electron chi connectivity index (χ0n) is 12.6. The number of rotatable bonds is 4. The summed E-state index contributed by atoms with van der Waals surface area (Å²) >= 11 is 1.40. The van der Waals surface area contributed by atoms with Gasteiger partial charge in [0.2, 0.25) is 0 Å². The lowest BCUT2D eigenvalue weighted by atomic mass is 10.1. The van der Waals surface area contributed by atoms with Crippen LogP contribution in [-0.4, -0.2) is 16.7 Å². The van der Waals surface area contributed by atoms with Gasteiger partial charge in [0.15, 0.2) is 16.7 Å². The van der Waals surface area contributed by atoms with Crippen molar-refractivity contribution >= 4 is 28.2 Å². The number of hydrogen-bond acceptors (Lipinski definition) is 5. The average molecular weight is 326 g/mol. The van der Waals surface area contributed by atoms with Crippen LogP contribution in [0.3, 0.4) is 0 Å². The molecule has 0 atom stereocenters. The maximum absolute atomic E-state index is 12.1. The molecular formula is C17H14N2O3S. The van der Waals surface area contributed by atoms with Crippen molar-refractivity contribution in [1.29, 1.82) is 0 Å². The van der Waals surface area contributed by atoms with E-state index in [4.69, 9.17) is 4.42 Å². The highest BCUT2D eigenvalue weighted by Gasteiger charge is 2.14. The largest absolute Gasteiger partial charge is 0.451 e. The summed E-state index contributed by atoms with van der Waals surface area (Å²) in [5.41, 5.74) is 1.44. The van der Waals surface area contributed by atoms with Gasteiger partial charge >= 0.3 is 0 Å². The minimum atomic E-state index is -0.342. The molecule has 23 heavy (non-hydrogen) atoms. The average Bonchev–Trinajstić information content (AvgIpc) is 3.16. The lowest BCUT2D eigenvalue weighted by Gasteiger charge is -2.00. The Labute approximate surface area is 137 Å². The topological polar surface area (TPSA) is 72.2 Å². The number of furan rings is 1. The van der Waals surface area contributed by atoms with E-state index in [-0.39, 0.29) is 17.5 Å². The van der Waals surface area contributed by atoms with Gasteiger partial charge in [-0.25, -0.2) is 4.98 Å². The zero-order chi connectivity index (χ0) is 16.4. The minimum Gasteiger partial charge on any atom is -0.451 e. The molecule has 3 rings (SSSR count). The minimum absolute atomic E-state index is 0.00908. The normalized spacial score (nSPS) is 10.5. The van der Waals surface area contributed by atoms with Crippen LogP contribution in [0.5, 0.6) is 0 Å². The zero-order valence-corrected chi connectivity index (χ0v) is 13.4. The van der Waals surface area contributed by atoms with Gasteiger partial charge in [-0.15, -0.1) is 11.3 Å². The maximum atomic E-state index is 12.1. The number of aryl methyl sites for hydroxylation is 1. The summed E-state index contributed by atoms with van der Waals surface area (Å²) in [4.78, 5) is 28.5. The summed E-state index contributed by atoms with van der Waals surface area (Å²) in [5.74, 6) is 0.449. The number of Topliss-reactive ketones (excluding diaryl/α,β-unsaturated/α-hetero) is 1. The molecule has 3 aromatic rings. The van der Waals surface area contributed by atoms with E-state index < -0.39 is 0 Å². The third-order valence-corrected chi connectivity index (χ3v) is 4.08. The van der Waals surface area contributed by atoms with Crippen LogP contribution in [0.2, 0.25) is 0 Å². The van der Waals surface area contributed by atoms with Crippen molar-refractivity contribution in [3.05, 3.63) is 58.8 Å². The second kappa shape index (κ2) is 6.18. The van der Waals surface area contributed by atoms with Crippen LogP contribution < -0.4 is 5.32 Å². The maximum Gasteiger partial charge on any atom is 0.293 e. The Morgan fingerprint density at radius 3 is 2.48 bits per heavy atom.